The summed E-state index contributed by atoms with van der Waals surface area (Å²) in [6.07, 6.45) is -2.58. The third kappa shape index (κ3) is 5.82. The van der Waals surface area contributed by atoms with Crippen molar-refractivity contribution in [2.24, 2.45) is 5.73 Å². The van der Waals surface area contributed by atoms with E-state index in [9.17, 15) is 18.0 Å². The smallest absolute Gasteiger partial charge is 0.368 e. The van der Waals surface area contributed by atoms with Gasteiger partial charge in [-0.05, 0) is 29.8 Å². The van der Waals surface area contributed by atoms with Crippen LogP contribution in [0.5, 0.6) is 0 Å². The van der Waals surface area contributed by atoms with Gasteiger partial charge in [0.15, 0.2) is 0 Å². The van der Waals surface area contributed by atoms with E-state index in [1.54, 1.807) is 12.3 Å². The number of halogens is 3. The van der Waals surface area contributed by atoms with E-state index < -0.39 is 18.5 Å². The van der Waals surface area contributed by atoms with Gasteiger partial charge in [-0.25, -0.2) is 4.98 Å². The van der Waals surface area contributed by atoms with Crippen molar-refractivity contribution in [1.82, 2.24) is 10.3 Å². The Kier molecular flexibility index (Phi) is 6.59. The lowest BCUT2D eigenvalue weighted by atomic mass is 10.0. The molecule has 0 aliphatic carbocycles. The quantitative estimate of drug-likeness (QED) is 0.379. The van der Waals surface area contributed by atoms with Crippen LogP contribution < -0.4 is 21.3 Å². The molecule has 1 aromatic heterocycles. The summed E-state index contributed by atoms with van der Waals surface area (Å²) in [6, 6.07) is 7.65. The van der Waals surface area contributed by atoms with E-state index in [4.69, 9.17) is 11.1 Å². The van der Waals surface area contributed by atoms with Gasteiger partial charge < -0.3 is 26.7 Å². The molecule has 2 heterocycles. The Morgan fingerprint density at radius 1 is 1.29 bits per heavy atom. The standard InChI is InChI=1S/C21H23F3N6O/c1-2-18(31)28-10-16(26)19-17(30-11-14(25)12-30)7-8-27-20(19)29-15-5-3-13(4-6-15)9-21(22,23)24/h2-8,14,26H,1,9-12,25H2,(H,27,29)(H,28,31). The second-order valence-corrected chi connectivity index (χ2v) is 7.23. The van der Waals surface area contributed by atoms with Gasteiger partial charge in [0.2, 0.25) is 5.91 Å². The van der Waals surface area contributed by atoms with Crippen molar-refractivity contribution >= 4 is 28.8 Å². The Labute approximate surface area is 177 Å². The predicted octanol–water partition coefficient (Wildman–Crippen LogP) is 2.75. The van der Waals surface area contributed by atoms with Crippen LogP contribution in [0.15, 0.2) is 49.2 Å². The SMILES string of the molecule is C=CC(=O)NCC(=N)c1c(N2CC(N)C2)ccnc1Nc1ccc(CC(F)(F)F)cc1. The van der Waals surface area contributed by atoms with Crippen LogP contribution >= 0.6 is 0 Å². The highest BCUT2D eigenvalue weighted by Gasteiger charge is 2.29. The first kappa shape index (κ1) is 22.3. The second kappa shape index (κ2) is 9.17. The third-order valence-electron chi connectivity index (χ3n) is 4.73. The van der Waals surface area contributed by atoms with Gasteiger partial charge in [0.1, 0.15) is 5.82 Å². The number of alkyl halides is 3. The predicted molar refractivity (Wildman–Crippen MR) is 114 cm³/mol. The van der Waals surface area contributed by atoms with E-state index >= 15 is 0 Å². The highest BCUT2D eigenvalue weighted by Crippen LogP contribution is 2.31. The largest absolute Gasteiger partial charge is 0.393 e. The normalized spacial score (nSPS) is 14.0. The first-order valence-corrected chi connectivity index (χ1v) is 9.56. The highest BCUT2D eigenvalue weighted by molar-refractivity contribution is 6.10. The van der Waals surface area contributed by atoms with Crippen LogP contribution in [0, 0.1) is 5.41 Å². The summed E-state index contributed by atoms with van der Waals surface area (Å²) in [6.45, 7) is 4.59. The zero-order chi connectivity index (χ0) is 22.6. The number of aromatic nitrogens is 1. The van der Waals surface area contributed by atoms with E-state index in [-0.39, 0.29) is 23.9 Å². The first-order valence-electron chi connectivity index (χ1n) is 9.56. The van der Waals surface area contributed by atoms with E-state index in [0.717, 1.165) is 11.8 Å². The Morgan fingerprint density at radius 3 is 2.55 bits per heavy atom. The van der Waals surface area contributed by atoms with Crippen molar-refractivity contribution < 1.29 is 18.0 Å². The van der Waals surface area contributed by atoms with E-state index in [1.807, 2.05) is 4.90 Å². The van der Waals surface area contributed by atoms with Crippen molar-refractivity contribution in [2.75, 3.05) is 29.9 Å². The van der Waals surface area contributed by atoms with Crippen molar-refractivity contribution in [2.45, 2.75) is 18.6 Å². The number of rotatable bonds is 8. The average molecular weight is 432 g/mol. The van der Waals surface area contributed by atoms with Gasteiger partial charge in [-0.15, -0.1) is 0 Å². The topological polar surface area (TPSA) is 107 Å². The summed E-state index contributed by atoms with van der Waals surface area (Å²) in [4.78, 5) is 17.8. The number of carbonyl (C=O) groups is 1. The fraction of sp³-hybridized carbons (Fsp3) is 0.286. The lowest BCUT2D eigenvalue weighted by Gasteiger charge is -2.40. The molecule has 0 bridgehead atoms. The summed E-state index contributed by atoms with van der Waals surface area (Å²) < 4.78 is 37.7. The molecule has 1 fully saturated rings. The molecule has 1 amide bonds. The molecule has 31 heavy (non-hydrogen) atoms. The molecule has 1 saturated heterocycles. The molecule has 0 unspecified atom stereocenters. The number of hydrogen-bond acceptors (Lipinski definition) is 6. The summed E-state index contributed by atoms with van der Waals surface area (Å²) in [5, 5.41) is 14.2. The summed E-state index contributed by atoms with van der Waals surface area (Å²) in [5.74, 6) is -0.0460. The molecular weight excluding hydrogens is 409 g/mol. The van der Waals surface area contributed by atoms with Crippen LogP contribution in [0.2, 0.25) is 0 Å². The van der Waals surface area contributed by atoms with Gasteiger partial charge in [0.05, 0.1) is 29.9 Å². The minimum Gasteiger partial charge on any atom is -0.368 e. The maximum atomic E-state index is 12.6. The van der Waals surface area contributed by atoms with Crippen LogP contribution in [0.25, 0.3) is 0 Å². The number of nitrogens with one attached hydrogen (secondary N) is 3. The number of amides is 1. The third-order valence-corrected chi connectivity index (χ3v) is 4.73. The van der Waals surface area contributed by atoms with Crippen LogP contribution in [-0.4, -0.2) is 48.5 Å². The fourth-order valence-corrected chi connectivity index (χ4v) is 3.23. The van der Waals surface area contributed by atoms with Gasteiger partial charge in [0, 0.05) is 31.0 Å². The van der Waals surface area contributed by atoms with Crippen molar-refractivity contribution in [3.63, 3.8) is 0 Å². The molecule has 1 aliphatic heterocycles. The van der Waals surface area contributed by atoms with Crippen molar-refractivity contribution in [1.29, 1.82) is 5.41 Å². The van der Waals surface area contributed by atoms with Gasteiger partial charge in [-0.2, -0.15) is 13.2 Å². The van der Waals surface area contributed by atoms with Gasteiger partial charge in [-0.3, -0.25) is 4.79 Å². The Morgan fingerprint density at radius 2 is 1.97 bits per heavy atom. The van der Waals surface area contributed by atoms with Gasteiger partial charge in [0.25, 0.3) is 0 Å². The summed E-state index contributed by atoms with van der Waals surface area (Å²) >= 11 is 0. The maximum Gasteiger partial charge on any atom is 0.393 e. The Balaban J connectivity index is 1.86. The average Bonchev–Trinajstić information content (AvgIpc) is 2.69. The number of nitrogens with zero attached hydrogens (tertiary/aromatic N) is 2. The lowest BCUT2D eigenvalue weighted by molar-refractivity contribution is -0.127. The number of nitrogens with two attached hydrogens (primary N) is 1. The summed E-state index contributed by atoms with van der Waals surface area (Å²) in [7, 11) is 0. The monoisotopic (exact) mass is 432 g/mol. The second-order valence-electron chi connectivity index (χ2n) is 7.23. The van der Waals surface area contributed by atoms with E-state index in [1.165, 1.54) is 24.3 Å². The molecule has 0 spiro atoms. The molecule has 0 radical (unpaired) electrons. The van der Waals surface area contributed by atoms with Crippen molar-refractivity contribution in [3.8, 4) is 0 Å². The first-order chi connectivity index (χ1) is 14.7. The van der Waals surface area contributed by atoms with Crippen LogP contribution in [-0.2, 0) is 11.2 Å². The molecule has 2 aromatic rings. The minimum atomic E-state index is -4.28. The molecule has 3 rings (SSSR count). The number of benzene rings is 1. The molecule has 1 aliphatic rings. The minimum absolute atomic E-state index is 0.0354. The van der Waals surface area contributed by atoms with Crippen LogP contribution in [0.4, 0.5) is 30.4 Å². The molecule has 1 aromatic carbocycles. The zero-order valence-electron chi connectivity index (χ0n) is 16.7. The summed E-state index contributed by atoms with van der Waals surface area (Å²) in [5.41, 5.74) is 7.92. The zero-order valence-corrected chi connectivity index (χ0v) is 16.7. The van der Waals surface area contributed by atoms with E-state index in [0.29, 0.717) is 30.2 Å². The molecule has 0 saturated carbocycles. The molecule has 0 atom stereocenters. The number of anilines is 3. The van der Waals surface area contributed by atoms with Gasteiger partial charge >= 0.3 is 6.18 Å². The Bertz CT molecular complexity index is 968. The van der Waals surface area contributed by atoms with E-state index in [2.05, 4.69) is 22.2 Å². The van der Waals surface area contributed by atoms with Crippen LogP contribution in [0.3, 0.4) is 0 Å². The fourth-order valence-electron chi connectivity index (χ4n) is 3.23. The Hall–Kier alpha value is -3.40. The van der Waals surface area contributed by atoms with Gasteiger partial charge in [-0.1, -0.05) is 18.7 Å². The number of hydrogen-bond donors (Lipinski definition) is 4. The maximum absolute atomic E-state index is 12.6. The highest BCUT2D eigenvalue weighted by atomic mass is 19.4. The molecular formula is C21H23F3N6O. The molecule has 164 valence electrons. The lowest BCUT2D eigenvalue weighted by Crippen LogP contribution is -2.56. The van der Waals surface area contributed by atoms with Crippen molar-refractivity contribution in [3.05, 3.63) is 60.3 Å². The van der Waals surface area contributed by atoms with Crippen LogP contribution in [0.1, 0.15) is 11.1 Å². The molecule has 5 N–H and O–H groups in total. The number of pyridine rings is 1. The molecule has 10 heteroatoms. The molecule has 7 nitrogen and oxygen atoms in total. The number of carbonyl (C=O) groups excluding carboxylic acids is 1.